The van der Waals surface area contributed by atoms with Crippen LogP contribution in [0.3, 0.4) is 0 Å². The highest BCUT2D eigenvalue weighted by Crippen LogP contribution is 2.24. The second-order valence-corrected chi connectivity index (χ2v) is 6.02. The highest BCUT2D eigenvalue weighted by molar-refractivity contribution is 5.79. The van der Waals surface area contributed by atoms with Gasteiger partial charge in [0.2, 0.25) is 11.8 Å². The second-order valence-electron chi connectivity index (χ2n) is 6.02. The third-order valence-corrected chi connectivity index (χ3v) is 3.89. The van der Waals surface area contributed by atoms with E-state index in [1.807, 2.05) is 0 Å². The summed E-state index contributed by atoms with van der Waals surface area (Å²) in [4.78, 5) is 23.2. The van der Waals surface area contributed by atoms with Crippen LogP contribution in [0.15, 0.2) is 0 Å². The molecule has 1 atom stereocenters. The van der Waals surface area contributed by atoms with E-state index in [4.69, 9.17) is 11.5 Å². The molecule has 5 N–H and O–H groups in total. The Morgan fingerprint density at radius 1 is 1.21 bits per heavy atom. The van der Waals surface area contributed by atoms with Crippen molar-refractivity contribution in [3.05, 3.63) is 0 Å². The Hall–Kier alpha value is -1.10. The number of carbonyl (C=O) groups is 2. The Kier molecular flexibility index (Phi) is 6.28. The van der Waals surface area contributed by atoms with Gasteiger partial charge in [0.05, 0.1) is 5.92 Å². The van der Waals surface area contributed by atoms with Crippen molar-refractivity contribution < 1.29 is 9.59 Å². The first kappa shape index (κ1) is 16.0. The highest BCUT2D eigenvalue weighted by Gasteiger charge is 2.27. The van der Waals surface area contributed by atoms with E-state index in [1.54, 1.807) is 0 Å². The molecule has 1 rings (SSSR count). The van der Waals surface area contributed by atoms with Gasteiger partial charge >= 0.3 is 0 Å². The van der Waals surface area contributed by atoms with Crippen LogP contribution in [0.5, 0.6) is 0 Å². The summed E-state index contributed by atoms with van der Waals surface area (Å²) < 4.78 is 0. The lowest BCUT2D eigenvalue weighted by molar-refractivity contribution is -0.126. The zero-order valence-corrected chi connectivity index (χ0v) is 12.0. The lowest BCUT2D eigenvalue weighted by Crippen LogP contribution is -2.44. The number of carbonyl (C=O) groups excluding carboxylic acids is 2. The molecule has 1 unspecified atom stereocenters. The normalized spacial score (nSPS) is 25.1. The van der Waals surface area contributed by atoms with E-state index in [1.165, 1.54) is 0 Å². The number of hydrogen-bond donors (Lipinski definition) is 3. The van der Waals surface area contributed by atoms with Gasteiger partial charge in [-0.1, -0.05) is 13.8 Å². The predicted molar refractivity (Wildman–Crippen MR) is 75.1 cm³/mol. The number of primary amides is 1. The summed E-state index contributed by atoms with van der Waals surface area (Å²) in [6.07, 6.45) is 4.03. The number of nitrogens with one attached hydrogen (secondary N) is 1. The van der Waals surface area contributed by atoms with Crippen molar-refractivity contribution in [2.24, 2.45) is 29.2 Å². The molecule has 0 aromatic rings. The smallest absolute Gasteiger partial charge is 0.224 e. The average molecular weight is 269 g/mol. The first-order valence-corrected chi connectivity index (χ1v) is 7.23. The van der Waals surface area contributed by atoms with Crippen LogP contribution in [-0.2, 0) is 9.59 Å². The van der Waals surface area contributed by atoms with E-state index < -0.39 is 0 Å². The summed E-state index contributed by atoms with van der Waals surface area (Å²) in [6, 6.07) is 0.171. The van der Waals surface area contributed by atoms with Crippen molar-refractivity contribution in [3.63, 3.8) is 0 Å². The summed E-state index contributed by atoms with van der Waals surface area (Å²) in [5, 5.41) is 3.06. The van der Waals surface area contributed by atoms with Crippen LogP contribution in [0.1, 0.15) is 46.0 Å². The van der Waals surface area contributed by atoms with E-state index in [0.29, 0.717) is 12.5 Å². The molecule has 1 fully saturated rings. The van der Waals surface area contributed by atoms with Gasteiger partial charge in [-0.15, -0.1) is 0 Å². The molecule has 110 valence electrons. The summed E-state index contributed by atoms with van der Waals surface area (Å²) in [5.41, 5.74) is 11.0. The zero-order valence-electron chi connectivity index (χ0n) is 12.0. The standard InChI is InChI=1S/C14H27N3O2/c1-9(2)7-11(8-15)14(19)17-12-5-3-10(4-6-12)13(16)18/h9-12H,3-8,15H2,1-2H3,(H2,16,18)(H,17,19). The van der Waals surface area contributed by atoms with Gasteiger partial charge in [0, 0.05) is 18.5 Å². The molecule has 0 spiro atoms. The second kappa shape index (κ2) is 7.48. The quantitative estimate of drug-likeness (QED) is 0.664. The predicted octanol–water partition coefficient (Wildman–Crippen LogP) is 0.768. The molecular formula is C14H27N3O2. The van der Waals surface area contributed by atoms with Crippen LogP contribution in [0.4, 0.5) is 0 Å². The van der Waals surface area contributed by atoms with Crippen LogP contribution in [0, 0.1) is 17.8 Å². The number of rotatable bonds is 6. The van der Waals surface area contributed by atoms with Gasteiger partial charge in [0.25, 0.3) is 0 Å². The average Bonchev–Trinajstić information content (AvgIpc) is 2.36. The molecule has 1 saturated carbocycles. The Labute approximate surface area is 115 Å². The largest absolute Gasteiger partial charge is 0.369 e. The van der Waals surface area contributed by atoms with E-state index >= 15 is 0 Å². The van der Waals surface area contributed by atoms with E-state index in [9.17, 15) is 9.59 Å². The Bertz CT molecular complexity index is 310. The van der Waals surface area contributed by atoms with E-state index in [2.05, 4.69) is 19.2 Å². The third-order valence-electron chi connectivity index (χ3n) is 3.89. The molecule has 0 saturated heterocycles. The van der Waals surface area contributed by atoms with Gasteiger partial charge in [-0.25, -0.2) is 0 Å². The van der Waals surface area contributed by atoms with Gasteiger partial charge < -0.3 is 16.8 Å². The molecular weight excluding hydrogens is 242 g/mol. The monoisotopic (exact) mass is 269 g/mol. The van der Waals surface area contributed by atoms with Crippen LogP contribution in [0.25, 0.3) is 0 Å². The number of nitrogens with two attached hydrogens (primary N) is 2. The molecule has 19 heavy (non-hydrogen) atoms. The molecule has 5 nitrogen and oxygen atoms in total. The molecule has 0 bridgehead atoms. The van der Waals surface area contributed by atoms with Crippen LogP contribution in [-0.4, -0.2) is 24.4 Å². The maximum absolute atomic E-state index is 12.1. The van der Waals surface area contributed by atoms with Crippen molar-refractivity contribution >= 4 is 11.8 Å². The maximum Gasteiger partial charge on any atom is 0.224 e. The topological polar surface area (TPSA) is 98.2 Å². The minimum atomic E-state index is -0.218. The van der Waals surface area contributed by atoms with E-state index in [0.717, 1.165) is 32.1 Å². The first-order chi connectivity index (χ1) is 8.93. The molecule has 0 radical (unpaired) electrons. The fourth-order valence-electron chi connectivity index (χ4n) is 2.72. The minimum Gasteiger partial charge on any atom is -0.369 e. The highest BCUT2D eigenvalue weighted by atomic mass is 16.2. The maximum atomic E-state index is 12.1. The molecule has 0 heterocycles. The lowest BCUT2D eigenvalue weighted by Gasteiger charge is -2.29. The Balaban J connectivity index is 2.39. The summed E-state index contributed by atoms with van der Waals surface area (Å²) >= 11 is 0. The number of hydrogen-bond acceptors (Lipinski definition) is 3. The van der Waals surface area contributed by atoms with Crippen molar-refractivity contribution in [3.8, 4) is 0 Å². The van der Waals surface area contributed by atoms with Gasteiger partial charge in [-0.2, -0.15) is 0 Å². The molecule has 1 aliphatic carbocycles. The SMILES string of the molecule is CC(C)CC(CN)C(=O)NC1CCC(C(N)=O)CC1. The lowest BCUT2D eigenvalue weighted by atomic mass is 9.85. The zero-order chi connectivity index (χ0) is 14.4. The molecule has 0 aromatic heterocycles. The van der Waals surface area contributed by atoms with Crippen LogP contribution < -0.4 is 16.8 Å². The Morgan fingerprint density at radius 2 is 1.79 bits per heavy atom. The summed E-state index contributed by atoms with van der Waals surface area (Å²) in [7, 11) is 0. The summed E-state index contributed by atoms with van der Waals surface area (Å²) in [6.45, 7) is 4.57. The molecule has 0 aliphatic heterocycles. The minimum absolute atomic E-state index is 0.0193. The van der Waals surface area contributed by atoms with Crippen molar-refractivity contribution in [2.75, 3.05) is 6.54 Å². The van der Waals surface area contributed by atoms with Crippen LogP contribution >= 0.6 is 0 Å². The third kappa shape index (κ3) is 5.19. The Morgan fingerprint density at radius 3 is 2.21 bits per heavy atom. The van der Waals surface area contributed by atoms with Crippen LogP contribution in [0.2, 0.25) is 0 Å². The van der Waals surface area contributed by atoms with Crippen molar-refractivity contribution in [2.45, 2.75) is 52.0 Å². The molecule has 1 aliphatic rings. The van der Waals surface area contributed by atoms with Gasteiger partial charge in [-0.05, 0) is 38.0 Å². The first-order valence-electron chi connectivity index (χ1n) is 7.23. The summed E-state index contributed by atoms with van der Waals surface area (Å²) in [5.74, 6) is 0.177. The molecule has 2 amide bonds. The van der Waals surface area contributed by atoms with E-state index in [-0.39, 0.29) is 29.7 Å². The van der Waals surface area contributed by atoms with Crippen molar-refractivity contribution in [1.82, 2.24) is 5.32 Å². The molecule has 5 heteroatoms. The van der Waals surface area contributed by atoms with Gasteiger partial charge in [-0.3, -0.25) is 9.59 Å². The van der Waals surface area contributed by atoms with Gasteiger partial charge in [0.15, 0.2) is 0 Å². The molecule has 0 aromatic carbocycles. The fourth-order valence-corrected chi connectivity index (χ4v) is 2.72. The van der Waals surface area contributed by atoms with Gasteiger partial charge in [0.1, 0.15) is 0 Å². The van der Waals surface area contributed by atoms with Crippen molar-refractivity contribution in [1.29, 1.82) is 0 Å². The fraction of sp³-hybridized carbons (Fsp3) is 0.857. The number of amides is 2.